The van der Waals surface area contributed by atoms with Gasteiger partial charge < -0.3 is 29.9 Å². The number of aromatic nitrogens is 3. The van der Waals surface area contributed by atoms with Crippen molar-refractivity contribution in [2.24, 2.45) is 5.92 Å². The van der Waals surface area contributed by atoms with Gasteiger partial charge in [-0.2, -0.15) is 4.98 Å². The topological polar surface area (TPSA) is 122 Å². The number of carbonyl (C=O) groups is 2. The molecule has 1 aromatic heterocycles. The van der Waals surface area contributed by atoms with Gasteiger partial charge in [-0.3, -0.25) is 9.59 Å². The Morgan fingerprint density at radius 2 is 1.95 bits per heavy atom. The minimum Gasteiger partial charge on any atom is -0.494 e. The molecule has 4 rings (SSSR count). The average molecular weight is 594 g/mol. The van der Waals surface area contributed by atoms with Gasteiger partial charge in [-0.25, -0.2) is 0 Å². The summed E-state index contributed by atoms with van der Waals surface area (Å²) >= 11 is 6.22. The number of amides is 1. The van der Waals surface area contributed by atoms with Crippen LogP contribution in [0.2, 0.25) is 5.15 Å². The summed E-state index contributed by atoms with van der Waals surface area (Å²) in [5, 5.41) is 13.8. The Bertz CT molecular complexity index is 1440. The molecule has 222 valence electrons. The van der Waals surface area contributed by atoms with Crippen LogP contribution in [-0.4, -0.2) is 72.6 Å². The van der Waals surface area contributed by atoms with Crippen molar-refractivity contribution in [1.29, 1.82) is 0 Å². The standard InChI is InChI=1S/C30H36ClN7O4/c1-6-27(40)32-21-8-7-9-22(17-21)42-29-28(31)35-36-30(34-29)33-23-16-19(2)24(18-26(23)41-5)38-14-10-20(11-15-38)25(39)12-13-37(3)4/h6-9,16-18,20H,1,10-15H2,2-5H3,(H,32,40)(H,33,34,36). The summed E-state index contributed by atoms with van der Waals surface area (Å²) in [6.07, 6.45) is 3.45. The number of ether oxygens (including phenoxy) is 2. The lowest BCUT2D eigenvalue weighted by atomic mass is 9.90. The maximum absolute atomic E-state index is 12.6. The van der Waals surface area contributed by atoms with Crippen LogP contribution in [0.1, 0.15) is 24.8 Å². The molecule has 11 nitrogen and oxygen atoms in total. The summed E-state index contributed by atoms with van der Waals surface area (Å²) in [6.45, 7) is 7.87. The first-order valence-corrected chi connectivity index (χ1v) is 14.0. The van der Waals surface area contributed by atoms with E-state index >= 15 is 0 Å². The number of anilines is 4. The molecule has 0 saturated carbocycles. The van der Waals surface area contributed by atoms with Gasteiger partial charge in [0.2, 0.25) is 11.1 Å². The van der Waals surface area contributed by atoms with E-state index in [1.54, 1.807) is 31.4 Å². The lowest BCUT2D eigenvalue weighted by Gasteiger charge is -2.34. The van der Waals surface area contributed by atoms with Crippen LogP contribution in [0.15, 0.2) is 49.1 Å². The predicted molar refractivity (Wildman–Crippen MR) is 164 cm³/mol. The molecule has 0 aliphatic carbocycles. The summed E-state index contributed by atoms with van der Waals surface area (Å²) in [5.41, 5.74) is 3.26. The normalized spacial score (nSPS) is 13.5. The van der Waals surface area contributed by atoms with Gasteiger partial charge in [-0.15, -0.1) is 10.2 Å². The molecule has 3 aromatic rings. The second kappa shape index (κ2) is 14.1. The number of nitrogens with zero attached hydrogens (tertiary/aromatic N) is 5. The number of carbonyl (C=O) groups excluding carboxylic acids is 2. The number of ketones is 1. The summed E-state index contributed by atoms with van der Waals surface area (Å²) < 4.78 is 11.5. The fourth-order valence-electron chi connectivity index (χ4n) is 4.74. The minimum absolute atomic E-state index is 0.0248. The SMILES string of the molecule is C=CC(=O)Nc1cccc(Oc2nc(Nc3cc(C)c(N4CCC(C(=O)CCN(C)C)CC4)cc3OC)nnc2Cl)c1. The maximum atomic E-state index is 12.6. The largest absolute Gasteiger partial charge is 0.494 e. The van der Waals surface area contributed by atoms with Gasteiger partial charge in [-0.05, 0) is 63.7 Å². The molecule has 0 spiro atoms. The molecule has 0 unspecified atom stereocenters. The second-order valence-corrected chi connectivity index (χ2v) is 10.7. The maximum Gasteiger partial charge on any atom is 0.262 e. The monoisotopic (exact) mass is 593 g/mol. The molecule has 2 N–H and O–H groups in total. The highest BCUT2D eigenvalue weighted by atomic mass is 35.5. The summed E-state index contributed by atoms with van der Waals surface area (Å²) in [7, 11) is 5.58. The van der Waals surface area contributed by atoms with Crippen molar-refractivity contribution in [1.82, 2.24) is 20.1 Å². The average Bonchev–Trinajstić information content (AvgIpc) is 2.98. The zero-order valence-corrected chi connectivity index (χ0v) is 25.1. The Labute approximate surface area is 250 Å². The number of piperidine rings is 1. The Balaban J connectivity index is 1.46. The van der Waals surface area contributed by atoms with E-state index < -0.39 is 0 Å². The van der Waals surface area contributed by atoms with Gasteiger partial charge in [0.25, 0.3) is 11.8 Å². The van der Waals surface area contributed by atoms with Crippen LogP contribution in [-0.2, 0) is 9.59 Å². The fraction of sp³-hybridized carbons (Fsp3) is 0.367. The lowest BCUT2D eigenvalue weighted by molar-refractivity contribution is -0.123. The van der Waals surface area contributed by atoms with E-state index in [4.69, 9.17) is 21.1 Å². The molecule has 2 aromatic carbocycles. The quantitative estimate of drug-likeness (QED) is 0.270. The Kier molecular flexibility index (Phi) is 10.3. The summed E-state index contributed by atoms with van der Waals surface area (Å²) in [5.74, 6) is 1.32. The second-order valence-electron chi connectivity index (χ2n) is 10.3. The van der Waals surface area contributed by atoms with Crippen molar-refractivity contribution in [3.05, 3.63) is 59.8 Å². The first kappa shape index (κ1) is 30.7. The van der Waals surface area contributed by atoms with Crippen molar-refractivity contribution in [2.45, 2.75) is 26.2 Å². The molecule has 2 heterocycles. The van der Waals surface area contributed by atoms with Crippen LogP contribution in [0.3, 0.4) is 0 Å². The molecule has 1 fully saturated rings. The molecule has 0 atom stereocenters. The van der Waals surface area contributed by atoms with E-state index in [-0.39, 0.29) is 28.8 Å². The van der Waals surface area contributed by atoms with E-state index in [9.17, 15) is 9.59 Å². The van der Waals surface area contributed by atoms with E-state index in [1.807, 2.05) is 38.1 Å². The predicted octanol–water partition coefficient (Wildman–Crippen LogP) is 5.24. The number of hydrogen-bond donors (Lipinski definition) is 2. The van der Waals surface area contributed by atoms with E-state index in [0.717, 1.165) is 43.7 Å². The Morgan fingerprint density at radius 3 is 2.64 bits per heavy atom. The Hall–Kier alpha value is -4.22. The number of benzene rings is 2. The summed E-state index contributed by atoms with van der Waals surface area (Å²) in [6, 6.07) is 10.7. The highest BCUT2D eigenvalue weighted by Gasteiger charge is 2.26. The molecular formula is C30H36ClN7O4. The van der Waals surface area contributed by atoms with E-state index in [2.05, 4.69) is 37.3 Å². The van der Waals surface area contributed by atoms with Gasteiger partial charge in [0.1, 0.15) is 17.3 Å². The molecule has 1 amide bonds. The van der Waals surface area contributed by atoms with Crippen LogP contribution in [0.4, 0.5) is 23.0 Å². The first-order chi connectivity index (χ1) is 20.2. The molecule has 1 aliphatic rings. The fourth-order valence-corrected chi connectivity index (χ4v) is 4.86. The summed E-state index contributed by atoms with van der Waals surface area (Å²) in [4.78, 5) is 33.0. The van der Waals surface area contributed by atoms with Gasteiger partial charge in [0.05, 0.1) is 12.8 Å². The third-order valence-corrected chi connectivity index (χ3v) is 7.22. The van der Waals surface area contributed by atoms with Crippen molar-refractivity contribution in [3.63, 3.8) is 0 Å². The number of nitrogens with one attached hydrogen (secondary N) is 2. The van der Waals surface area contributed by atoms with Gasteiger partial charge in [0.15, 0.2) is 0 Å². The number of rotatable bonds is 12. The van der Waals surface area contributed by atoms with Crippen LogP contribution in [0, 0.1) is 12.8 Å². The molecule has 0 radical (unpaired) electrons. The number of Topliss-reactive ketones (excluding diaryl/α,β-unsaturated/α-hetero) is 1. The van der Waals surface area contributed by atoms with Crippen molar-refractivity contribution in [2.75, 3.05) is 56.4 Å². The molecule has 0 bridgehead atoms. The van der Waals surface area contributed by atoms with Crippen LogP contribution in [0.5, 0.6) is 17.4 Å². The van der Waals surface area contributed by atoms with Crippen molar-refractivity contribution >= 4 is 46.3 Å². The highest BCUT2D eigenvalue weighted by molar-refractivity contribution is 6.30. The zero-order valence-electron chi connectivity index (χ0n) is 24.3. The van der Waals surface area contributed by atoms with Gasteiger partial charge in [-0.1, -0.05) is 24.2 Å². The van der Waals surface area contributed by atoms with Gasteiger partial charge >= 0.3 is 0 Å². The van der Waals surface area contributed by atoms with Crippen molar-refractivity contribution < 1.29 is 19.1 Å². The molecule has 1 aliphatic heterocycles. The van der Waals surface area contributed by atoms with Gasteiger partial charge in [0, 0.05) is 55.5 Å². The molecule has 42 heavy (non-hydrogen) atoms. The van der Waals surface area contributed by atoms with Crippen LogP contribution in [0.25, 0.3) is 0 Å². The van der Waals surface area contributed by atoms with Crippen molar-refractivity contribution in [3.8, 4) is 17.4 Å². The lowest BCUT2D eigenvalue weighted by Crippen LogP contribution is -2.37. The first-order valence-electron chi connectivity index (χ1n) is 13.7. The van der Waals surface area contributed by atoms with Crippen LogP contribution >= 0.6 is 11.6 Å². The molecule has 12 heteroatoms. The number of aryl methyl sites for hydroxylation is 1. The molecule has 1 saturated heterocycles. The Morgan fingerprint density at radius 1 is 1.19 bits per heavy atom. The number of halogens is 1. The van der Waals surface area contributed by atoms with Crippen LogP contribution < -0.4 is 25.0 Å². The third kappa shape index (κ3) is 7.95. The van der Waals surface area contributed by atoms with E-state index in [1.165, 1.54) is 6.08 Å². The third-order valence-electron chi connectivity index (χ3n) is 6.98. The zero-order chi connectivity index (χ0) is 30.2. The molecular weight excluding hydrogens is 558 g/mol. The smallest absolute Gasteiger partial charge is 0.262 e. The number of methoxy groups -OCH3 is 1. The highest BCUT2D eigenvalue weighted by Crippen LogP contribution is 2.37. The van der Waals surface area contributed by atoms with E-state index in [0.29, 0.717) is 35.1 Å². The number of hydrogen-bond acceptors (Lipinski definition) is 10. The minimum atomic E-state index is -0.342.